The van der Waals surface area contributed by atoms with Crippen LogP contribution in [0.5, 0.6) is 11.5 Å². The van der Waals surface area contributed by atoms with Crippen LogP contribution in [0.25, 0.3) is 10.9 Å². The second kappa shape index (κ2) is 7.92. The van der Waals surface area contributed by atoms with Crippen LogP contribution in [0, 0.1) is 0 Å². The minimum absolute atomic E-state index is 0.101. The minimum atomic E-state index is -0.526. The molecule has 29 heavy (non-hydrogen) atoms. The van der Waals surface area contributed by atoms with E-state index < -0.39 is 5.97 Å². The first-order valence-electron chi connectivity index (χ1n) is 9.86. The van der Waals surface area contributed by atoms with E-state index in [1.54, 1.807) is 19.1 Å². The fraction of sp³-hybridized carbons (Fsp3) is 0.500. The van der Waals surface area contributed by atoms with Crippen LogP contribution in [0.2, 0.25) is 0 Å². The van der Waals surface area contributed by atoms with E-state index in [2.05, 4.69) is 10.3 Å². The van der Waals surface area contributed by atoms with E-state index in [9.17, 15) is 9.59 Å². The van der Waals surface area contributed by atoms with Crippen molar-refractivity contribution in [2.45, 2.75) is 33.0 Å². The minimum Gasteiger partial charge on any atom is -0.461 e. The summed E-state index contributed by atoms with van der Waals surface area (Å²) in [7, 11) is 0. The molecule has 1 saturated heterocycles. The monoisotopic (exact) mass is 404 g/mol. The van der Waals surface area contributed by atoms with Gasteiger partial charge in [0.2, 0.25) is 6.79 Å². The molecule has 4 rings (SSSR count). The highest BCUT2D eigenvalue weighted by Gasteiger charge is 2.29. The zero-order chi connectivity index (χ0) is 20.5. The Morgan fingerprint density at radius 3 is 2.59 bits per heavy atom. The average molecular weight is 404 g/mol. The summed E-state index contributed by atoms with van der Waals surface area (Å²) in [5.74, 6) is 0.462. The highest BCUT2D eigenvalue weighted by molar-refractivity contribution is 6.11. The maximum absolute atomic E-state index is 12.8. The first-order valence-corrected chi connectivity index (χ1v) is 9.86. The number of aromatic nitrogens is 1. The van der Waals surface area contributed by atoms with Gasteiger partial charge in [-0.05, 0) is 26.8 Å². The highest BCUT2D eigenvalue weighted by atomic mass is 16.7. The van der Waals surface area contributed by atoms with Gasteiger partial charge in [-0.15, -0.1) is 0 Å². The first kappa shape index (κ1) is 19.5. The first-order chi connectivity index (χ1) is 13.9. The second-order valence-electron chi connectivity index (χ2n) is 7.49. The number of carbonyl (C=O) groups is 2. The number of morpholine rings is 1. The van der Waals surface area contributed by atoms with Crippen molar-refractivity contribution in [2.75, 3.05) is 38.4 Å². The largest absolute Gasteiger partial charge is 0.461 e. The van der Waals surface area contributed by atoms with E-state index >= 15 is 0 Å². The van der Waals surface area contributed by atoms with E-state index in [1.165, 1.54) is 0 Å². The number of rotatable bonds is 5. The molecule has 9 heteroatoms. The predicted octanol–water partition coefficient (Wildman–Crippen LogP) is 0.704. The number of aromatic amines is 1. The molecule has 1 aromatic carbocycles. The van der Waals surface area contributed by atoms with Crippen molar-refractivity contribution in [3.05, 3.63) is 17.8 Å². The lowest BCUT2D eigenvalue weighted by atomic mass is 10.2. The zero-order valence-corrected chi connectivity index (χ0v) is 16.8. The lowest BCUT2D eigenvalue weighted by Gasteiger charge is -2.31. The van der Waals surface area contributed by atoms with Crippen LogP contribution in [0.4, 0.5) is 5.69 Å². The molecule has 0 bridgehead atoms. The smallest absolute Gasteiger partial charge is 0.356 e. The van der Waals surface area contributed by atoms with Crippen molar-refractivity contribution in [2.24, 2.45) is 0 Å². The Morgan fingerprint density at radius 1 is 1.21 bits per heavy atom. The number of benzene rings is 1. The Morgan fingerprint density at radius 2 is 1.90 bits per heavy atom. The van der Waals surface area contributed by atoms with Gasteiger partial charge in [0.25, 0.3) is 5.91 Å². The number of amides is 1. The lowest BCUT2D eigenvalue weighted by Crippen LogP contribution is -3.16. The molecule has 0 saturated carbocycles. The molecular formula is C20H26N3O6+. The molecule has 1 fully saturated rings. The van der Waals surface area contributed by atoms with Gasteiger partial charge in [0.05, 0.1) is 17.8 Å². The summed E-state index contributed by atoms with van der Waals surface area (Å²) in [5, 5.41) is 3.58. The summed E-state index contributed by atoms with van der Waals surface area (Å²) in [6, 6.07) is 3.52. The number of hydrogen-bond acceptors (Lipinski definition) is 6. The molecule has 156 valence electrons. The fourth-order valence-electron chi connectivity index (χ4n) is 4.01. The molecule has 1 amide bonds. The molecule has 1 aromatic heterocycles. The number of ether oxygens (including phenoxy) is 4. The van der Waals surface area contributed by atoms with E-state index in [4.69, 9.17) is 18.9 Å². The molecule has 0 unspecified atom stereocenters. The van der Waals surface area contributed by atoms with E-state index in [-0.39, 0.29) is 43.8 Å². The Labute approximate surface area is 168 Å². The zero-order valence-electron chi connectivity index (χ0n) is 16.8. The van der Waals surface area contributed by atoms with Gasteiger partial charge in [0.1, 0.15) is 31.0 Å². The van der Waals surface area contributed by atoms with Gasteiger partial charge in [-0.3, -0.25) is 4.79 Å². The normalized spacial score (nSPS) is 23.2. The number of quaternary nitrogens is 1. The van der Waals surface area contributed by atoms with E-state index in [1.807, 2.05) is 13.8 Å². The van der Waals surface area contributed by atoms with Crippen molar-refractivity contribution in [3.63, 3.8) is 0 Å². The van der Waals surface area contributed by atoms with Gasteiger partial charge in [0, 0.05) is 11.5 Å². The number of anilines is 1. The van der Waals surface area contributed by atoms with Gasteiger partial charge in [-0.2, -0.15) is 0 Å². The molecule has 0 aliphatic carbocycles. The predicted molar refractivity (Wildman–Crippen MR) is 105 cm³/mol. The Hall–Kier alpha value is -2.78. The topological polar surface area (TPSA) is 103 Å². The molecule has 2 aromatic rings. The molecule has 9 nitrogen and oxygen atoms in total. The van der Waals surface area contributed by atoms with Crippen LogP contribution in [0.1, 0.15) is 31.3 Å². The van der Waals surface area contributed by atoms with Crippen LogP contribution >= 0.6 is 0 Å². The summed E-state index contributed by atoms with van der Waals surface area (Å²) in [6.45, 7) is 7.94. The van der Waals surface area contributed by atoms with Gasteiger partial charge < -0.3 is 34.1 Å². The van der Waals surface area contributed by atoms with E-state index in [0.717, 1.165) is 18.0 Å². The maximum Gasteiger partial charge on any atom is 0.356 e. The van der Waals surface area contributed by atoms with Gasteiger partial charge >= 0.3 is 5.97 Å². The molecule has 0 radical (unpaired) electrons. The Bertz CT molecular complexity index is 930. The summed E-state index contributed by atoms with van der Waals surface area (Å²) < 4.78 is 21.7. The van der Waals surface area contributed by atoms with Gasteiger partial charge in [-0.25, -0.2) is 4.79 Å². The highest BCUT2D eigenvalue weighted by Crippen LogP contribution is 2.39. The molecule has 2 aliphatic heterocycles. The van der Waals surface area contributed by atoms with Crippen molar-refractivity contribution >= 4 is 28.5 Å². The van der Waals surface area contributed by atoms with Crippen LogP contribution in [-0.4, -0.2) is 62.1 Å². The third-order valence-corrected chi connectivity index (χ3v) is 5.06. The van der Waals surface area contributed by atoms with E-state index in [0.29, 0.717) is 28.1 Å². The van der Waals surface area contributed by atoms with Crippen LogP contribution in [0.3, 0.4) is 0 Å². The number of hydrogen-bond donors (Lipinski definition) is 3. The molecule has 3 heterocycles. The Kier molecular flexibility index (Phi) is 5.33. The lowest BCUT2D eigenvalue weighted by molar-refractivity contribution is -0.907. The van der Waals surface area contributed by atoms with Gasteiger partial charge in [0.15, 0.2) is 18.0 Å². The molecule has 2 aliphatic rings. The third-order valence-electron chi connectivity index (χ3n) is 5.06. The SMILES string of the molecule is CCOC(=O)c1[nH]c2cc3c(cc2c1NC(=O)C[NH+]1C[C@@H](C)O[C@H](C)C1)OCO3. The third kappa shape index (κ3) is 4.01. The number of H-pyrrole nitrogens is 1. The number of fused-ring (bicyclic) bond motifs is 2. The second-order valence-corrected chi connectivity index (χ2v) is 7.49. The molecule has 3 N–H and O–H groups in total. The van der Waals surface area contributed by atoms with Crippen molar-refractivity contribution in [1.29, 1.82) is 0 Å². The summed E-state index contributed by atoms with van der Waals surface area (Å²) in [6.07, 6.45) is 0.203. The van der Waals surface area contributed by atoms with Crippen molar-refractivity contribution in [3.8, 4) is 11.5 Å². The van der Waals surface area contributed by atoms with Crippen LogP contribution in [0.15, 0.2) is 12.1 Å². The average Bonchev–Trinajstić information content (AvgIpc) is 3.23. The van der Waals surface area contributed by atoms with Crippen LogP contribution in [-0.2, 0) is 14.3 Å². The summed E-state index contributed by atoms with van der Waals surface area (Å²) in [4.78, 5) is 29.5. The standard InChI is InChI=1S/C20H25N3O6/c1-4-26-20(25)19-18(13-5-15-16(28-10-27-15)6-14(13)21-19)22-17(24)9-23-7-11(2)29-12(3)8-23/h5-6,11-12,21H,4,7-10H2,1-3H3,(H,22,24)/p+1/t11-,12-/m1/s1. The molecule has 0 spiro atoms. The van der Waals surface area contributed by atoms with Gasteiger partial charge in [-0.1, -0.05) is 0 Å². The summed E-state index contributed by atoms with van der Waals surface area (Å²) >= 11 is 0. The Balaban J connectivity index is 1.61. The number of esters is 1. The quantitative estimate of drug-likeness (QED) is 0.634. The summed E-state index contributed by atoms with van der Waals surface area (Å²) in [5.41, 5.74) is 1.27. The molecular weight excluding hydrogens is 378 g/mol. The number of nitrogens with one attached hydrogen (secondary N) is 3. The van der Waals surface area contributed by atoms with Crippen molar-refractivity contribution in [1.82, 2.24) is 4.98 Å². The van der Waals surface area contributed by atoms with Crippen LogP contribution < -0.4 is 19.7 Å². The maximum atomic E-state index is 12.8. The fourth-order valence-corrected chi connectivity index (χ4v) is 4.01. The molecule has 2 atom stereocenters. The number of carbonyl (C=O) groups excluding carboxylic acids is 2. The van der Waals surface area contributed by atoms with Crippen molar-refractivity contribution < 1.29 is 33.4 Å².